The van der Waals surface area contributed by atoms with Crippen molar-refractivity contribution in [3.8, 4) is 0 Å². The van der Waals surface area contributed by atoms with Crippen LogP contribution in [0.2, 0.25) is 0 Å². The maximum atomic E-state index is 14.9. The molecule has 8 atom stereocenters. The Kier molecular flexibility index (Phi) is 8.97. The van der Waals surface area contributed by atoms with E-state index in [1.807, 2.05) is 45.9 Å². The van der Waals surface area contributed by atoms with Gasteiger partial charge in [0.25, 0.3) is 5.91 Å². The van der Waals surface area contributed by atoms with Crippen molar-refractivity contribution >= 4 is 39.3 Å². The van der Waals surface area contributed by atoms with E-state index in [-0.39, 0.29) is 41.6 Å². The zero-order valence-corrected chi connectivity index (χ0v) is 25.8. The second-order valence-corrected chi connectivity index (χ2v) is 12.7. The molecule has 40 heavy (non-hydrogen) atoms. The molecule has 9 heteroatoms. The first-order chi connectivity index (χ1) is 19.0. The van der Waals surface area contributed by atoms with Crippen LogP contribution in [0.25, 0.3) is 0 Å². The van der Waals surface area contributed by atoms with Gasteiger partial charge in [-0.1, -0.05) is 66.5 Å². The van der Waals surface area contributed by atoms with Gasteiger partial charge in [-0.2, -0.15) is 0 Å². The number of hydrogen-bond donors (Lipinski definition) is 1. The third kappa shape index (κ3) is 4.64. The molecule has 0 aliphatic carbocycles. The van der Waals surface area contributed by atoms with Crippen LogP contribution in [0, 0.1) is 31.6 Å². The van der Waals surface area contributed by atoms with Gasteiger partial charge in [0.2, 0.25) is 11.8 Å². The highest BCUT2D eigenvalue weighted by Crippen LogP contribution is 2.61. The van der Waals surface area contributed by atoms with Gasteiger partial charge in [0.1, 0.15) is 11.6 Å². The van der Waals surface area contributed by atoms with Gasteiger partial charge in [-0.3, -0.25) is 14.4 Å². The van der Waals surface area contributed by atoms with Gasteiger partial charge in [-0.15, -0.1) is 13.2 Å². The molecule has 3 aliphatic rings. The number of amides is 3. The topological polar surface area (TPSA) is 90.4 Å². The average Bonchev–Trinajstić information content (AvgIpc) is 3.51. The fraction of sp³-hybridized carbons (Fsp3) is 0.581. The number of para-hydroxylation sites is 1. The van der Waals surface area contributed by atoms with Gasteiger partial charge < -0.3 is 24.5 Å². The molecular formula is C31H42BrN3O5. The summed E-state index contributed by atoms with van der Waals surface area (Å²) < 4.78 is 6.69. The van der Waals surface area contributed by atoms with Gasteiger partial charge in [0.15, 0.2) is 0 Å². The highest BCUT2D eigenvalue weighted by molar-refractivity contribution is 9.09. The van der Waals surface area contributed by atoms with Crippen molar-refractivity contribution in [2.45, 2.75) is 69.2 Å². The van der Waals surface area contributed by atoms with Gasteiger partial charge in [-0.05, 0) is 37.3 Å². The van der Waals surface area contributed by atoms with Crippen molar-refractivity contribution in [2.24, 2.45) is 17.8 Å². The molecule has 1 aromatic rings. The summed E-state index contributed by atoms with van der Waals surface area (Å²) in [6.45, 7) is 15.8. The van der Waals surface area contributed by atoms with Gasteiger partial charge in [0, 0.05) is 30.7 Å². The summed E-state index contributed by atoms with van der Waals surface area (Å²) in [6.07, 6.45) is 3.88. The van der Waals surface area contributed by atoms with Gasteiger partial charge >= 0.3 is 0 Å². The molecule has 218 valence electrons. The minimum atomic E-state index is -1.21. The van der Waals surface area contributed by atoms with E-state index in [1.165, 1.54) is 0 Å². The number of aryl methyl sites for hydroxylation is 2. The van der Waals surface area contributed by atoms with Gasteiger partial charge in [0.05, 0.1) is 30.6 Å². The van der Waals surface area contributed by atoms with Gasteiger partial charge in [-0.25, -0.2) is 0 Å². The number of carbonyl (C=O) groups excluding carboxylic acids is 3. The normalized spacial score (nSPS) is 30.1. The SMILES string of the molecule is C=CCN(C)C(=O)[C@H]1[C@H]2C(=O)N([C@@H](CO)[C@@H](C)CC)C(C(=O)N(CC=C)c3c(C)cccc3C)C23CC(Br)[C@@H]1O3. The Hall–Kier alpha value is -2.49. The number of halogens is 1. The third-order valence-electron chi connectivity index (χ3n) is 9.16. The van der Waals surface area contributed by atoms with E-state index in [1.54, 1.807) is 33.9 Å². The summed E-state index contributed by atoms with van der Waals surface area (Å²) in [7, 11) is 1.69. The van der Waals surface area contributed by atoms with Crippen molar-refractivity contribution in [1.82, 2.24) is 9.80 Å². The van der Waals surface area contributed by atoms with Crippen LogP contribution in [-0.2, 0) is 19.1 Å². The van der Waals surface area contributed by atoms with E-state index >= 15 is 0 Å². The number of ether oxygens (including phenoxy) is 1. The predicted octanol–water partition coefficient (Wildman–Crippen LogP) is 3.62. The maximum Gasteiger partial charge on any atom is 0.253 e. The molecule has 3 unspecified atom stereocenters. The molecule has 3 aliphatic heterocycles. The lowest BCUT2D eigenvalue weighted by atomic mass is 9.70. The Bertz CT molecular complexity index is 1170. The Balaban J connectivity index is 1.90. The quantitative estimate of drug-likeness (QED) is 0.303. The number of fused-ring (bicyclic) bond motifs is 1. The summed E-state index contributed by atoms with van der Waals surface area (Å²) >= 11 is 3.74. The number of rotatable bonds is 11. The first kappa shape index (κ1) is 30.5. The lowest BCUT2D eigenvalue weighted by Crippen LogP contribution is -2.60. The molecule has 2 bridgehead atoms. The van der Waals surface area contributed by atoms with Crippen LogP contribution in [0.1, 0.15) is 37.8 Å². The number of likely N-dealkylation sites (tertiary alicyclic amines) is 1. The third-order valence-corrected chi connectivity index (χ3v) is 10.0. The molecule has 4 rings (SSSR count). The van der Waals surface area contributed by atoms with E-state index < -0.39 is 35.6 Å². The number of alkyl halides is 1. The maximum absolute atomic E-state index is 14.9. The monoisotopic (exact) mass is 615 g/mol. The Morgan fingerprint density at radius 2 is 1.85 bits per heavy atom. The van der Waals surface area contributed by atoms with Crippen molar-refractivity contribution in [3.63, 3.8) is 0 Å². The molecule has 0 aromatic heterocycles. The molecule has 3 saturated heterocycles. The second kappa shape index (κ2) is 11.8. The number of nitrogens with zero attached hydrogens (tertiary/aromatic N) is 3. The predicted molar refractivity (Wildman–Crippen MR) is 159 cm³/mol. The Morgan fingerprint density at radius 1 is 1.23 bits per heavy atom. The smallest absolute Gasteiger partial charge is 0.253 e. The number of hydrogen-bond acceptors (Lipinski definition) is 5. The van der Waals surface area contributed by atoms with Crippen LogP contribution in [0.4, 0.5) is 5.69 Å². The minimum Gasteiger partial charge on any atom is -0.394 e. The highest BCUT2D eigenvalue weighted by Gasteiger charge is 2.77. The van der Waals surface area contributed by atoms with Crippen LogP contribution in [0.3, 0.4) is 0 Å². The van der Waals surface area contributed by atoms with Crippen LogP contribution in [-0.4, -0.2) is 88.0 Å². The van der Waals surface area contributed by atoms with Crippen molar-refractivity contribution in [3.05, 3.63) is 54.6 Å². The summed E-state index contributed by atoms with van der Waals surface area (Å²) in [4.78, 5) is 47.7. The molecule has 8 nitrogen and oxygen atoms in total. The summed E-state index contributed by atoms with van der Waals surface area (Å²) in [6, 6.07) is 4.24. The molecule has 3 fully saturated rings. The fourth-order valence-corrected chi connectivity index (χ4v) is 8.08. The average molecular weight is 617 g/mol. The molecule has 0 saturated carbocycles. The van der Waals surface area contributed by atoms with Crippen LogP contribution >= 0.6 is 15.9 Å². The highest BCUT2D eigenvalue weighted by atomic mass is 79.9. The molecule has 3 heterocycles. The first-order valence-electron chi connectivity index (χ1n) is 14.1. The molecule has 1 spiro atoms. The summed E-state index contributed by atoms with van der Waals surface area (Å²) in [5.41, 5.74) is 1.41. The van der Waals surface area contributed by atoms with Crippen LogP contribution in [0.15, 0.2) is 43.5 Å². The second-order valence-electron chi connectivity index (χ2n) is 11.5. The minimum absolute atomic E-state index is 0.0814. The number of aliphatic hydroxyl groups is 1. The number of benzene rings is 1. The number of anilines is 1. The zero-order chi connectivity index (χ0) is 29.5. The zero-order valence-electron chi connectivity index (χ0n) is 24.2. The molecule has 1 aromatic carbocycles. The number of likely N-dealkylation sites (N-methyl/N-ethyl adjacent to an activating group) is 1. The van der Waals surface area contributed by atoms with Crippen molar-refractivity contribution < 1.29 is 24.2 Å². The number of aliphatic hydroxyl groups excluding tert-OH is 1. The van der Waals surface area contributed by atoms with E-state index in [0.29, 0.717) is 19.4 Å². The lowest BCUT2D eigenvalue weighted by molar-refractivity contribution is -0.147. The van der Waals surface area contributed by atoms with E-state index in [2.05, 4.69) is 29.1 Å². The van der Waals surface area contributed by atoms with Crippen molar-refractivity contribution in [2.75, 3.05) is 31.6 Å². The summed E-state index contributed by atoms with van der Waals surface area (Å²) in [5.74, 6) is -2.46. The number of carbonyl (C=O) groups is 3. The van der Waals surface area contributed by atoms with E-state index in [9.17, 15) is 19.5 Å². The first-order valence-corrected chi connectivity index (χ1v) is 15.0. The molecule has 1 N–H and O–H groups in total. The standard InChI is InChI=1S/C31H42BrN3O5/c1-8-14-33(7)28(37)23-24-29(38)35(22(17-36)18(4)10-3)27(31(24)16-21(32)26(23)40-31)30(39)34(15-9-2)25-19(5)12-11-13-20(25)6/h8-9,11-13,18,21-24,26-27,36H,1-2,10,14-17H2,3-7H3/t18-,21?,22-,23-,24-,26-,27?,31?/m0/s1. The van der Waals surface area contributed by atoms with E-state index in [4.69, 9.17) is 4.74 Å². The van der Waals surface area contributed by atoms with Crippen LogP contribution < -0.4 is 4.90 Å². The fourth-order valence-electron chi connectivity index (χ4n) is 7.14. The largest absolute Gasteiger partial charge is 0.394 e. The van der Waals surface area contributed by atoms with E-state index in [0.717, 1.165) is 16.8 Å². The Morgan fingerprint density at radius 3 is 2.40 bits per heavy atom. The van der Waals surface area contributed by atoms with Crippen LogP contribution in [0.5, 0.6) is 0 Å². The molecular weight excluding hydrogens is 574 g/mol. The summed E-state index contributed by atoms with van der Waals surface area (Å²) in [5, 5.41) is 10.6. The lowest BCUT2D eigenvalue weighted by Gasteiger charge is -2.41. The molecule has 3 amide bonds. The van der Waals surface area contributed by atoms with Crippen molar-refractivity contribution in [1.29, 1.82) is 0 Å². The molecule has 0 radical (unpaired) electrons. The Labute approximate surface area is 246 Å².